The zero-order valence-electron chi connectivity index (χ0n) is 110. The summed E-state index contributed by atoms with van der Waals surface area (Å²) in [5.41, 5.74) is -10.5. The number of aromatic nitrogens is 4. The summed E-state index contributed by atoms with van der Waals surface area (Å²) in [7, 11) is -13.7. The van der Waals surface area contributed by atoms with E-state index < -0.39 is 444 Å². The van der Waals surface area contributed by atoms with Crippen LogP contribution in [-0.4, -0.2) is 30.3 Å². The van der Waals surface area contributed by atoms with Gasteiger partial charge in [-0.25, -0.2) is 4.98 Å². The zero-order chi connectivity index (χ0) is 120. The van der Waals surface area contributed by atoms with Crippen LogP contribution in [-0.2, 0) is 26.5 Å². The molecule has 0 aliphatic heterocycles. The van der Waals surface area contributed by atoms with E-state index in [1.165, 1.54) is 18.2 Å². The van der Waals surface area contributed by atoms with Crippen LogP contribution in [0.3, 0.4) is 0 Å². The second-order valence-electron chi connectivity index (χ2n) is 26.3. The fourth-order valence-electron chi connectivity index (χ4n) is 13.8. The van der Waals surface area contributed by atoms with E-state index >= 15 is 0 Å². The molecule has 548 valence electrons. The summed E-state index contributed by atoms with van der Waals surface area (Å²) in [4.78, 5) is 4.81. The standard InChI is InChI=1S/C106H78N4OSi2.Pt/c1-106(2,3)84-64-65-107-104(72-84)110-100-59-29-28-56-98(100)99-62-61-87(74-102(99)110)111-86-41-32-40-85(73-86)108-75-109(101-63-60-79(71-103(101)108)78-38-30-54-94(69-78)112(88-42-16-6-17-43-88,89-44-18-7-19-45-89)90-46-20-8-21-47-90)105-96(57-33-58-97(105)83-67-81(76-34-12-4-13-35-76)66-82(68-83)77-36-14-5-15-37-77)80-39-31-55-95(70-80)113(91-48-22-9-23-49-91,92-50-24-10-25-51-92)93-52-26-11-27-53-93;/h4-72H,1-3H3;/q-2;/i4D,5D,6D,7D,8D,9D,10D,11D,12D,13D,14D,15D,16D,17D,18D,19D,20D,21D,22D,23D,24D,25D,26D,27D,30D,31D,34D,35D,36D,37D,38D,39D,42D,43D,44D,45D,46D,47D,48D,49D,50D,51D,52D,53D,54D,55D,66D,67D,68D,69D,70D;. The number of para-hydroxylation sites is 2. The second-order valence-corrected chi connectivity index (χ2v) is 33.3. The number of benzene rings is 16. The van der Waals surface area contributed by atoms with Crippen LogP contribution in [0, 0.1) is 18.5 Å². The van der Waals surface area contributed by atoms with Crippen molar-refractivity contribution in [3.05, 3.63) is 442 Å². The molecule has 0 bridgehead atoms. The molecule has 3 heterocycles. The average Bonchev–Trinajstić information content (AvgIpc) is 1.20. The van der Waals surface area contributed by atoms with E-state index in [1.807, 2.05) is 61.7 Å². The van der Waals surface area contributed by atoms with Gasteiger partial charge in [0.05, 0.1) is 86.6 Å². The van der Waals surface area contributed by atoms with Gasteiger partial charge >= 0.3 is 0 Å². The number of fused-ring (bicyclic) bond motifs is 4. The minimum atomic E-state index is -6.94. The minimum Gasteiger partial charge on any atom is -0.510 e. The normalized spacial score (nSPS) is 18.0. The van der Waals surface area contributed by atoms with Gasteiger partial charge in [-0.15, -0.1) is 29.7 Å². The third-order valence-corrected chi connectivity index (χ3v) is 26.9. The van der Waals surface area contributed by atoms with Crippen molar-refractivity contribution in [3.8, 4) is 84.3 Å². The molecule has 0 spiro atoms. The molecule has 8 heteroatoms. The van der Waals surface area contributed by atoms with Crippen molar-refractivity contribution >= 4 is 90.5 Å². The summed E-state index contributed by atoms with van der Waals surface area (Å²) in [6, 6.07) is -35.6. The smallest absolute Gasteiger partial charge is 0.268 e. The first kappa shape index (κ1) is 35.3. The number of ether oxygens (including phenoxy) is 1. The molecule has 19 rings (SSSR count). The first-order chi connectivity index (χ1) is 76.8. The Kier molecular flexibility index (Phi) is 9.55. The summed E-state index contributed by atoms with van der Waals surface area (Å²) in [6.45, 7) is 6.02. The number of imidazole rings is 1. The maximum atomic E-state index is 11.5. The second kappa shape index (κ2) is 30.9. The molecule has 3 aromatic heterocycles. The number of hydrogen-bond donors (Lipinski definition) is 0. The Hall–Kier alpha value is -13.1. The van der Waals surface area contributed by atoms with Crippen LogP contribution in [0.5, 0.6) is 11.5 Å². The number of nitrogens with zero attached hydrogens (tertiary/aromatic N) is 4. The van der Waals surface area contributed by atoms with E-state index in [9.17, 15) is 53.5 Å². The predicted octanol–water partition coefficient (Wildman–Crippen LogP) is 20.0. The topological polar surface area (TPSA) is 35.9 Å². The van der Waals surface area contributed by atoms with Gasteiger partial charge in [0, 0.05) is 44.3 Å². The van der Waals surface area contributed by atoms with Gasteiger partial charge in [0.1, 0.15) is 5.82 Å². The molecule has 0 N–H and O–H groups in total. The molecule has 114 heavy (non-hydrogen) atoms. The van der Waals surface area contributed by atoms with Crippen LogP contribution in [0.1, 0.15) is 96.2 Å². The predicted molar refractivity (Wildman–Crippen MR) is 473 cm³/mol. The van der Waals surface area contributed by atoms with Crippen LogP contribution in [0.25, 0.3) is 106 Å². The van der Waals surface area contributed by atoms with Gasteiger partial charge in [-0.3, -0.25) is 4.57 Å². The third-order valence-electron chi connectivity index (χ3n) is 18.9. The van der Waals surface area contributed by atoms with E-state index in [2.05, 4.69) is 18.5 Å². The monoisotopic (exact) mass is 1720 g/mol. The van der Waals surface area contributed by atoms with Crippen LogP contribution in [0.15, 0.2) is 417 Å². The Morgan fingerprint density at radius 3 is 1.36 bits per heavy atom. The van der Waals surface area contributed by atoms with Crippen molar-refractivity contribution in [2.75, 3.05) is 0 Å². The molecule has 0 radical (unpaired) electrons. The molecule has 0 aliphatic rings. The molecule has 19 aromatic rings. The molecule has 0 fully saturated rings. The quantitative estimate of drug-likeness (QED) is 0.0371. The van der Waals surface area contributed by atoms with Gasteiger partial charge in [0.15, 0.2) is 16.1 Å². The fourth-order valence-corrected chi connectivity index (χ4v) is 20.9. The number of rotatable bonds is 18. The van der Waals surface area contributed by atoms with Crippen molar-refractivity contribution in [1.82, 2.24) is 14.1 Å². The van der Waals surface area contributed by atoms with Gasteiger partial charge in [0.2, 0.25) is 0 Å². The molecule has 0 atom stereocenters. The molecule has 0 amide bonds. The molecule has 16 aromatic carbocycles. The summed E-state index contributed by atoms with van der Waals surface area (Å²) < 4.78 is 508. The van der Waals surface area contributed by atoms with E-state index in [0.29, 0.717) is 22.2 Å². The Bertz CT molecular complexity index is 9340. The first-order valence-electron chi connectivity index (χ1n) is 60.1. The first-order valence-corrected chi connectivity index (χ1v) is 38.6. The van der Waals surface area contributed by atoms with Crippen molar-refractivity contribution in [3.63, 3.8) is 0 Å². The maximum Gasteiger partial charge on any atom is 0.268 e. The number of pyridine rings is 1. The Morgan fingerprint density at radius 1 is 0.368 bits per heavy atom. The van der Waals surface area contributed by atoms with Gasteiger partial charge < -0.3 is 13.9 Å². The SMILES string of the molecule is [2H]c1c([2H])c([2H])c(-c2c([2H])c(-c3cccc(-c4c([2H])c([2H])c([2H])c([Si](c5c([2H])c([2H])c([2H])c([2H])c5[2H])(c5c([2H])c([2H])c([2H])c([2H])c5[2H])c5c([2H])c([2H])c([2H])c([2H])c5[2H])c4[2H])c3-[n+]3[c-]n(-c4[c-]c(Oc5[c-]c6c(cc5)c5ccccc5n6-c5cc(C(C)(C)C)ccn5)ccc4)c4cc(-c5c([2H])c([2H])c([2H])c([Si](c6c([2H])c([2H])c([2H])c([2H])c6[2H])(c6c([2H])c([2H])c([2H])c([2H])c6[2H])c6c([2H])c([2H])c([2H])c([2H])c6[2H])c5[2H])ccc43)c([2H])c(-c3c([2H])c([2H])c([2H])c([2H])c3[2H])c2[2H])c([2H])c1[2H].[Pt]. The van der Waals surface area contributed by atoms with Crippen LogP contribution < -0.4 is 50.8 Å². The zero-order valence-corrected chi connectivity index (χ0v) is 63.7. The molecular weight excluding hydrogens is 1600 g/mol. The average molecular weight is 1730 g/mol. The Labute approximate surface area is 754 Å². The van der Waals surface area contributed by atoms with Gasteiger partial charge in [0.25, 0.3) is 6.33 Å². The minimum absolute atomic E-state index is 0. The van der Waals surface area contributed by atoms with E-state index in [4.69, 9.17) is 26.2 Å². The Morgan fingerprint density at radius 2 is 0.825 bits per heavy atom. The van der Waals surface area contributed by atoms with Crippen molar-refractivity contribution in [2.45, 2.75) is 26.2 Å². The largest absolute Gasteiger partial charge is 0.510 e. The fraction of sp³-hybridized carbons (Fsp3) is 0.0377. The van der Waals surface area contributed by atoms with Crippen molar-refractivity contribution in [1.29, 1.82) is 0 Å². The Balaban J connectivity index is 0.0000174. The number of hydrogen-bond acceptors (Lipinski definition) is 2. The van der Waals surface area contributed by atoms with E-state index in [0.717, 1.165) is 56.5 Å². The summed E-state index contributed by atoms with van der Waals surface area (Å²) in [5, 5.41) is -9.02. The van der Waals surface area contributed by atoms with E-state index in [-0.39, 0.29) is 38.3 Å². The summed E-state index contributed by atoms with van der Waals surface area (Å²) in [6.07, 6.45) is 4.82. The molecule has 0 saturated carbocycles. The molecular formula is C106H78N4OPtSi2-2. The van der Waals surface area contributed by atoms with Crippen LogP contribution >= 0.6 is 0 Å². The third kappa shape index (κ3) is 13.2. The van der Waals surface area contributed by atoms with Gasteiger partial charge in [-0.05, 0) is 162 Å². The van der Waals surface area contributed by atoms with E-state index in [1.54, 1.807) is 18.3 Å². The van der Waals surface area contributed by atoms with Crippen molar-refractivity contribution in [2.24, 2.45) is 0 Å². The molecule has 0 saturated heterocycles. The van der Waals surface area contributed by atoms with Crippen LogP contribution in [0.2, 0.25) is 0 Å². The van der Waals surface area contributed by atoms with Gasteiger partial charge in [-0.1, -0.05) is 365 Å². The molecule has 5 nitrogen and oxygen atoms in total. The molecule has 0 aliphatic carbocycles. The van der Waals surface area contributed by atoms with Crippen molar-refractivity contribution < 1.29 is 100 Å². The summed E-state index contributed by atoms with van der Waals surface area (Å²) >= 11 is 0. The summed E-state index contributed by atoms with van der Waals surface area (Å²) in [5.74, 6) is 0.161. The van der Waals surface area contributed by atoms with Crippen LogP contribution in [0.4, 0.5) is 0 Å². The molecule has 0 unspecified atom stereocenters. The van der Waals surface area contributed by atoms with Gasteiger partial charge in [-0.2, -0.15) is 18.2 Å². The maximum absolute atomic E-state index is 11.5.